The maximum Gasteiger partial charge on any atom is 0.419 e. The summed E-state index contributed by atoms with van der Waals surface area (Å²) >= 11 is 0. The minimum Gasteiger partial charge on any atom is -0.464 e. The number of rotatable bonds is 2. The zero-order valence-electron chi connectivity index (χ0n) is 17.4. The van der Waals surface area contributed by atoms with Crippen LogP contribution in [0.4, 0.5) is 9.59 Å². The number of para-hydroxylation sites is 1. The molecule has 0 N–H and O–H groups in total. The quantitative estimate of drug-likeness (QED) is 0.563. The van der Waals surface area contributed by atoms with Crippen molar-refractivity contribution >= 4 is 29.1 Å². The molecule has 0 aliphatic carbocycles. The molecule has 0 fully saturated rings. The predicted molar refractivity (Wildman–Crippen MR) is 106 cm³/mol. The summed E-state index contributed by atoms with van der Waals surface area (Å²) in [7, 11) is 1.25. The van der Waals surface area contributed by atoms with Crippen LogP contribution >= 0.6 is 0 Å². The highest BCUT2D eigenvalue weighted by Crippen LogP contribution is 2.38. The molecule has 0 saturated heterocycles. The van der Waals surface area contributed by atoms with E-state index >= 15 is 0 Å². The van der Waals surface area contributed by atoms with Crippen molar-refractivity contribution in [3.05, 3.63) is 35.5 Å². The van der Waals surface area contributed by atoms with E-state index in [9.17, 15) is 14.4 Å². The molecule has 1 atom stereocenters. The third kappa shape index (κ3) is 3.79. The van der Waals surface area contributed by atoms with Crippen molar-refractivity contribution in [1.82, 2.24) is 9.47 Å². The fourth-order valence-electron chi connectivity index (χ4n) is 3.66. The summed E-state index contributed by atoms with van der Waals surface area (Å²) in [6, 6.07) is 6.26. The van der Waals surface area contributed by atoms with Gasteiger partial charge in [0.25, 0.3) is 0 Å². The molecule has 29 heavy (non-hydrogen) atoms. The number of fused-ring (bicyclic) bond motifs is 3. The number of esters is 1. The van der Waals surface area contributed by atoms with Crippen LogP contribution in [-0.2, 0) is 25.4 Å². The second-order valence-electron chi connectivity index (χ2n) is 7.76. The lowest BCUT2D eigenvalue weighted by Gasteiger charge is -2.34. The number of hydrogen-bond acceptors (Lipinski definition) is 6. The van der Waals surface area contributed by atoms with Gasteiger partial charge in [0.2, 0.25) is 0 Å². The number of amides is 1. The lowest BCUT2D eigenvalue weighted by atomic mass is 9.97. The Morgan fingerprint density at radius 3 is 2.45 bits per heavy atom. The molecule has 1 amide bonds. The maximum atomic E-state index is 13.1. The molecule has 2 aromatic rings. The molecule has 1 aliphatic heterocycles. The van der Waals surface area contributed by atoms with Gasteiger partial charge >= 0.3 is 18.2 Å². The molecule has 1 unspecified atom stereocenters. The van der Waals surface area contributed by atoms with Gasteiger partial charge in [0.15, 0.2) is 6.04 Å². The number of ether oxygens (including phenoxy) is 3. The van der Waals surface area contributed by atoms with Gasteiger partial charge in [-0.25, -0.2) is 19.0 Å². The van der Waals surface area contributed by atoms with Crippen LogP contribution in [0.2, 0.25) is 0 Å². The zero-order chi connectivity index (χ0) is 21.3. The van der Waals surface area contributed by atoms with E-state index in [0.717, 1.165) is 10.9 Å². The van der Waals surface area contributed by atoms with Crippen molar-refractivity contribution in [2.45, 2.75) is 45.8 Å². The number of aromatic nitrogens is 1. The Labute approximate surface area is 169 Å². The van der Waals surface area contributed by atoms with Gasteiger partial charge < -0.3 is 14.2 Å². The highest BCUT2D eigenvalue weighted by molar-refractivity contribution is 5.97. The summed E-state index contributed by atoms with van der Waals surface area (Å²) in [6.07, 6.45) is -0.804. The smallest absolute Gasteiger partial charge is 0.419 e. The molecule has 0 spiro atoms. The Bertz CT molecular complexity index is 956. The molecular formula is C21H26N2O6. The minimum atomic E-state index is -1.11. The molecule has 156 valence electrons. The van der Waals surface area contributed by atoms with Crippen molar-refractivity contribution in [3.63, 3.8) is 0 Å². The first kappa shape index (κ1) is 20.7. The monoisotopic (exact) mass is 402 g/mol. The average Bonchev–Trinajstić information content (AvgIpc) is 3.00. The van der Waals surface area contributed by atoms with Crippen molar-refractivity contribution in [3.8, 4) is 0 Å². The van der Waals surface area contributed by atoms with Crippen LogP contribution in [0.1, 0.15) is 45.0 Å². The lowest BCUT2D eigenvalue weighted by Crippen LogP contribution is -2.45. The molecule has 1 aliphatic rings. The van der Waals surface area contributed by atoms with Crippen molar-refractivity contribution < 1.29 is 28.6 Å². The van der Waals surface area contributed by atoms with E-state index in [1.165, 1.54) is 16.6 Å². The summed E-state index contributed by atoms with van der Waals surface area (Å²) in [5.74, 6) is -0.619. The number of carbonyl (C=O) groups excluding carboxylic acids is 3. The molecule has 0 bridgehead atoms. The standard InChI is InChI=1S/C21H26N2O6/c1-6-28-18(24)17-16-14(11-12-22(17)19(25)27-5)13-9-7-8-10-15(13)23(16)20(26)29-21(2,3)4/h7-10,17H,6,11-12H2,1-5H3. The fraction of sp³-hybridized carbons (Fsp3) is 0.476. The Balaban J connectivity index is 2.27. The molecule has 3 rings (SSSR count). The van der Waals surface area contributed by atoms with Gasteiger partial charge in [-0.1, -0.05) is 18.2 Å². The third-order valence-corrected chi connectivity index (χ3v) is 4.69. The van der Waals surface area contributed by atoms with Gasteiger partial charge in [-0.3, -0.25) is 4.90 Å². The zero-order valence-corrected chi connectivity index (χ0v) is 17.4. The van der Waals surface area contributed by atoms with Gasteiger partial charge in [-0.2, -0.15) is 0 Å². The summed E-state index contributed by atoms with van der Waals surface area (Å²) < 4.78 is 17.1. The highest BCUT2D eigenvalue weighted by atomic mass is 16.6. The minimum absolute atomic E-state index is 0.145. The molecule has 0 radical (unpaired) electrons. The first-order valence-corrected chi connectivity index (χ1v) is 9.56. The second-order valence-corrected chi connectivity index (χ2v) is 7.76. The number of nitrogens with zero attached hydrogens (tertiary/aromatic N) is 2. The number of methoxy groups -OCH3 is 1. The highest BCUT2D eigenvalue weighted by Gasteiger charge is 2.43. The average molecular weight is 402 g/mol. The first-order valence-electron chi connectivity index (χ1n) is 9.56. The maximum absolute atomic E-state index is 13.1. The number of hydrogen-bond donors (Lipinski definition) is 0. The molecule has 1 aromatic heterocycles. The molecule has 8 nitrogen and oxygen atoms in total. The van der Waals surface area contributed by atoms with Gasteiger partial charge in [0, 0.05) is 11.9 Å². The third-order valence-electron chi connectivity index (χ3n) is 4.69. The van der Waals surface area contributed by atoms with Gasteiger partial charge in [0.1, 0.15) is 5.60 Å². The van der Waals surface area contributed by atoms with Crippen LogP contribution in [-0.4, -0.2) is 53.5 Å². The topological polar surface area (TPSA) is 87.1 Å². The van der Waals surface area contributed by atoms with E-state index < -0.39 is 29.8 Å². The molecule has 2 heterocycles. The van der Waals surface area contributed by atoms with Crippen molar-refractivity contribution in [2.24, 2.45) is 0 Å². The van der Waals surface area contributed by atoms with E-state index in [1.807, 2.05) is 18.2 Å². The van der Waals surface area contributed by atoms with E-state index in [4.69, 9.17) is 14.2 Å². The Hall–Kier alpha value is -3.03. The molecule has 1 aromatic carbocycles. The first-order chi connectivity index (χ1) is 13.7. The summed E-state index contributed by atoms with van der Waals surface area (Å²) in [6.45, 7) is 7.41. The Morgan fingerprint density at radius 2 is 1.83 bits per heavy atom. The molecule has 8 heteroatoms. The van der Waals surface area contributed by atoms with Crippen LogP contribution in [0.15, 0.2) is 24.3 Å². The van der Waals surface area contributed by atoms with Gasteiger partial charge in [-0.05, 0) is 45.7 Å². The van der Waals surface area contributed by atoms with Crippen LogP contribution < -0.4 is 0 Å². The SMILES string of the molecule is CCOC(=O)C1c2c(c3ccccc3n2C(=O)OC(C)(C)C)CCN1C(=O)OC. The predicted octanol–water partition coefficient (Wildman–Crippen LogP) is 3.65. The van der Waals surface area contributed by atoms with Crippen LogP contribution in [0.25, 0.3) is 10.9 Å². The number of carbonyl (C=O) groups is 3. The lowest BCUT2D eigenvalue weighted by molar-refractivity contribution is -0.149. The van der Waals surface area contributed by atoms with Gasteiger partial charge in [0.05, 0.1) is 24.9 Å². The van der Waals surface area contributed by atoms with Gasteiger partial charge in [-0.15, -0.1) is 0 Å². The van der Waals surface area contributed by atoms with Crippen LogP contribution in [0, 0.1) is 0 Å². The molecular weight excluding hydrogens is 376 g/mol. The van der Waals surface area contributed by atoms with Crippen LogP contribution in [0.3, 0.4) is 0 Å². The Morgan fingerprint density at radius 1 is 1.14 bits per heavy atom. The van der Waals surface area contributed by atoms with E-state index in [0.29, 0.717) is 17.6 Å². The number of benzene rings is 1. The summed E-state index contributed by atoms with van der Waals surface area (Å²) in [5.41, 5.74) is 1.10. The fourth-order valence-corrected chi connectivity index (χ4v) is 3.66. The van der Waals surface area contributed by atoms with Crippen molar-refractivity contribution in [2.75, 3.05) is 20.3 Å². The molecule has 0 saturated carbocycles. The van der Waals surface area contributed by atoms with E-state index in [1.54, 1.807) is 33.8 Å². The van der Waals surface area contributed by atoms with Crippen LogP contribution in [0.5, 0.6) is 0 Å². The normalized spacial score (nSPS) is 16.3. The Kier molecular flexibility index (Phi) is 5.55. The van der Waals surface area contributed by atoms with Crippen molar-refractivity contribution in [1.29, 1.82) is 0 Å². The summed E-state index contributed by atoms with van der Waals surface area (Å²) in [5, 5.41) is 0.840. The van der Waals surface area contributed by atoms with E-state index in [-0.39, 0.29) is 13.2 Å². The summed E-state index contributed by atoms with van der Waals surface area (Å²) in [4.78, 5) is 39.7. The second kappa shape index (κ2) is 7.77. The largest absolute Gasteiger partial charge is 0.464 e. The van der Waals surface area contributed by atoms with E-state index in [2.05, 4.69) is 0 Å².